The van der Waals surface area contributed by atoms with Gasteiger partial charge in [0.05, 0.1) is 6.04 Å². The molecule has 0 aromatic heterocycles. The fourth-order valence-electron chi connectivity index (χ4n) is 1.65. The first-order valence-electron chi connectivity index (χ1n) is 6.33. The molecule has 0 fully saturated rings. The van der Waals surface area contributed by atoms with Crippen molar-refractivity contribution in [3.8, 4) is 0 Å². The molecule has 0 saturated heterocycles. The van der Waals surface area contributed by atoms with E-state index in [4.69, 9.17) is 5.73 Å². The minimum absolute atomic E-state index is 0.151. The van der Waals surface area contributed by atoms with E-state index in [1.165, 1.54) is 6.07 Å². The fourth-order valence-corrected chi connectivity index (χ4v) is 1.65. The molecule has 0 heterocycles. The van der Waals surface area contributed by atoms with Gasteiger partial charge in [-0.1, -0.05) is 38.5 Å². The molecular weight excluding hydrogens is 231 g/mol. The second-order valence-corrected chi connectivity index (χ2v) is 4.54. The summed E-state index contributed by atoms with van der Waals surface area (Å²) in [4.78, 5) is 11.7. The number of benzene rings is 1. The van der Waals surface area contributed by atoms with Gasteiger partial charge >= 0.3 is 0 Å². The molecule has 0 aliphatic rings. The summed E-state index contributed by atoms with van der Waals surface area (Å²) in [6.07, 6.45) is 1.34. The van der Waals surface area contributed by atoms with E-state index in [0.717, 1.165) is 6.42 Å². The van der Waals surface area contributed by atoms with Crippen LogP contribution in [0.5, 0.6) is 0 Å². The minimum atomic E-state index is -0.490. The lowest BCUT2D eigenvalue weighted by molar-refractivity contribution is -0.123. The van der Waals surface area contributed by atoms with E-state index >= 15 is 0 Å². The van der Waals surface area contributed by atoms with Crippen LogP contribution in [0.2, 0.25) is 0 Å². The number of hydrogen-bond donors (Lipinski definition) is 2. The Morgan fingerprint density at radius 1 is 1.44 bits per heavy atom. The van der Waals surface area contributed by atoms with Crippen LogP contribution in [0.25, 0.3) is 0 Å². The zero-order chi connectivity index (χ0) is 13.5. The van der Waals surface area contributed by atoms with Crippen LogP contribution in [-0.2, 0) is 11.2 Å². The van der Waals surface area contributed by atoms with Crippen molar-refractivity contribution in [1.29, 1.82) is 0 Å². The molecular formula is C14H21FN2O. The first-order chi connectivity index (χ1) is 8.56. The zero-order valence-corrected chi connectivity index (χ0v) is 10.9. The molecule has 100 valence electrons. The first kappa shape index (κ1) is 14.6. The quantitative estimate of drug-likeness (QED) is 0.812. The van der Waals surface area contributed by atoms with Crippen LogP contribution >= 0.6 is 0 Å². The van der Waals surface area contributed by atoms with Crippen LogP contribution in [0.4, 0.5) is 4.39 Å². The Hall–Kier alpha value is -1.42. The first-order valence-corrected chi connectivity index (χ1v) is 6.33. The van der Waals surface area contributed by atoms with Gasteiger partial charge in [0.25, 0.3) is 0 Å². The molecule has 1 aromatic rings. The summed E-state index contributed by atoms with van der Waals surface area (Å²) in [5, 5.41) is 2.74. The summed E-state index contributed by atoms with van der Waals surface area (Å²) in [6.45, 7) is 4.35. The smallest absolute Gasteiger partial charge is 0.237 e. The van der Waals surface area contributed by atoms with E-state index in [1.807, 2.05) is 13.8 Å². The molecule has 4 heteroatoms. The lowest BCUT2D eigenvalue weighted by atomic mass is 9.99. The number of carbonyl (C=O) groups is 1. The van der Waals surface area contributed by atoms with E-state index in [2.05, 4.69) is 5.32 Å². The number of halogens is 1. The van der Waals surface area contributed by atoms with Crippen molar-refractivity contribution in [2.24, 2.45) is 11.7 Å². The van der Waals surface area contributed by atoms with Gasteiger partial charge in [0, 0.05) is 6.54 Å². The van der Waals surface area contributed by atoms with Gasteiger partial charge in [-0.2, -0.15) is 0 Å². The number of amides is 1. The molecule has 3 nitrogen and oxygen atoms in total. The fraction of sp³-hybridized carbons (Fsp3) is 0.500. The van der Waals surface area contributed by atoms with Gasteiger partial charge < -0.3 is 11.1 Å². The van der Waals surface area contributed by atoms with Crippen LogP contribution in [0.15, 0.2) is 24.3 Å². The van der Waals surface area contributed by atoms with Crippen molar-refractivity contribution in [3.63, 3.8) is 0 Å². The molecule has 18 heavy (non-hydrogen) atoms. The monoisotopic (exact) mass is 252 g/mol. The largest absolute Gasteiger partial charge is 0.354 e. The van der Waals surface area contributed by atoms with Gasteiger partial charge in [-0.15, -0.1) is 0 Å². The van der Waals surface area contributed by atoms with Gasteiger partial charge in [0.15, 0.2) is 0 Å². The summed E-state index contributed by atoms with van der Waals surface area (Å²) in [5.41, 5.74) is 6.40. The number of hydrogen-bond acceptors (Lipinski definition) is 2. The average molecular weight is 252 g/mol. The average Bonchev–Trinajstić information content (AvgIpc) is 2.39. The number of nitrogens with one attached hydrogen (secondary N) is 1. The van der Waals surface area contributed by atoms with E-state index < -0.39 is 6.04 Å². The van der Waals surface area contributed by atoms with Crippen LogP contribution in [0, 0.1) is 11.7 Å². The Kier molecular flexibility index (Phi) is 5.78. The Morgan fingerprint density at radius 3 is 2.72 bits per heavy atom. The topological polar surface area (TPSA) is 55.1 Å². The maximum Gasteiger partial charge on any atom is 0.237 e. The third-order valence-corrected chi connectivity index (χ3v) is 3.21. The standard InChI is InChI=1S/C14H21FN2O/c1-3-10(2)13(16)14(18)17-9-8-11-6-4-5-7-12(11)15/h4-7,10,13H,3,8-9,16H2,1-2H3,(H,17,18)/t10?,13-/m0/s1. The highest BCUT2D eigenvalue weighted by Gasteiger charge is 2.18. The lowest BCUT2D eigenvalue weighted by Crippen LogP contribution is -2.45. The zero-order valence-electron chi connectivity index (χ0n) is 10.9. The molecule has 0 spiro atoms. The second-order valence-electron chi connectivity index (χ2n) is 4.54. The summed E-state index contributed by atoms with van der Waals surface area (Å²) >= 11 is 0. The molecule has 1 aromatic carbocycles. The van der Waals surface area contributed by atoms with Gasteiger partial charge in [-0.25, -0.2) is 4.39 Å². The molecule has 0 bridgehead atoms. The van der Waals surface area contributed by atoms with Gasteiger partial charge in [-0.05, 0) is 24.0 Å². The molecule has 2 atom stereocenters. The molecule has 0 aliphatic carbocycles. The molecule has 1 rings (SSSR count). The van der Waals surface area contributed by atoms with Gasteiger partial charge in [0.2, 0.25) is 5.91 Å². The SMILES string of the molecule is CCC(C)[C@H](N)C(=O)NCCc1ccccc1F. The van der Waals surface area contributed by atoms with E-state index in [0.29, 0.717) is 18.5 Å². The van der Waals surface area contributed by atoms with Crippen molar-refractivity contribution >= 4 is 5.91 Å². The number of carbonyl (C=O) groups excluding carboxylic acids is 1. The Morgan fingerprint density at radius 2 is 2.11 bits per heavy atom. The summed E-state index contributed by atoms with van der Waals surface area (Å²) in [5.74, 6) is -0.253. The number of rotatable bonds is 6. The third kappa shape index (κ3) is 4.11. The van der Waals surface area contributed by atoms with Gasteiger partial charge in [-0.3, -0.25) is 4.79 Å². The van der Waals surface area contributed by atoms with Crippen molar-refractivity contribution < 1.29 is 9.18 Å². The van der Waals surface area contributed by atoms with E-state index in [1.54, 1.807) is 18.2 Å². The third-order valence-electron chi connectivity index (χ3n) is 3.21. The predicted octanol–water partition coefficient (Wildman–Crippen LogP) is 1.86. The second kappa shape index (κ2) is 7.11. The van der Waals surface area contributed by atoms with Crippen molar-refractivity contribution in [1.82, 2.24) is 5.32 Å². The van der Waals surface area contributed by atoms with Crippen molar-refractivity contribution in [2.75, 3.05) is 6.54 Å². The molecule has 0 radical (unpaired) electrons. The highest BCUT2D eigenvalue weighted by molar-refractivity contribution is 5.81. The summed E-state index contributed by atoms with van der Waals surface area (Å²) in [6, 6.07) is 6.08. The Bertz CT molecular complexity index is 395. The van der Waals surface area contributed by atoms with Crippen molar-refractivity contribution in [2.45, 2.75) is 32.7 Å². The van der Waals surface area contributed by atoms with Crippen LogP contribution in [0.1, 0.15) is 25.8 Å². The van der Waals surface area contributed by atoms with Crippen LogP contribution < -0.4 is 11.1 Å². The predicted molar refractivity (Wildman–Crippen MR) is 70.5 cm³/mol. The molecule has 0 saturated carbocycles. The molecule has 3 N–H and O–H groups in total. The van der Waals surface area contributed by atoms with Crippen LogP contribution in [-0.4, -0.2) is 18.5 Å². The molecule has 1 unspecified atom stereocenters. The Balaban J connectivity index is 2.38. The highest BCUT2D eigenvalue weighted by Crippen LogP contribution is 2.07. The molecule has 0 aliphatic heterocycles. The Labute approximate surface area is 108 Å². The van der Waals surface area contributed by atoms with Crippen molar-refractivity contribution in [3.05, 3.63) is 35.6 Å². The lowest BCUT2D eigenvalue weighted by Gasteiger charge is -2.17. The maximum absolute atomic E-state index is 13.3. The minimum Gasteiger partial charge on any atom is -0.354 e. The number of nitrogens with two attached hydrogens (primary N) is 1. The highest BCUT2D eigenvalue weighted by atomic mass is 19.1. The summed E-state index contributed by atoms with van der Waals surface area (Å²) < 4.78 is 13.3. The normalized spacial score (nSPS) is 14.0. The molecule has 1 amide bonds. The maximum atomic E-state index is 13.3. The van der Waals surface area contributed by atoms with Gasteiger partial charge in [0.1, 0.15) is 5.82 Å². The van der Waals surface area contributed by atoms with Crippen LogP contribution in [0.3, 0.4) is 0 Å². The van der Waals surface area contributed by atoms with E-state index in [-0.39, 0.29) is 17.6 Å². The summed E-state index contributed by atoms with van der Waals surface area (Å²) in [7, 11) is 0. The van der Waals surface area contributed by atoms with E-state index in [9.17, 15) is 9.18 Å².